The second-order valence-corrected chi connectivity index (χ2v) is 11.1. The first kappa shape index (κ1) is 25.4. The molecule has 0 bridgehead atoms. The molecule has 0 radical (unpaired) electrons. The number of nitro benzene ring substituents is 1. The van der Waals surface area contributed by atoms with E-state index < -0.39 is 14.9 Å². The van der Waals surface area contributed by atoms with Gasteiger partial charge >= 0.3 is 0 Å². The molecule has 0 fully saturated rings. The summed E-state index contributed by atoms with van der Waals surface area (Å²) in [5.74, 6) is 0.374. The van der Waals surface area contributed by atoms with Crippen LogP contribution in [0.5, 0.6) is 0 Å². The summed E-state index contributed by atoms with van der Waals surface area (Å²) < 4.78 is 29.4. The fraction of sp³-hybridized carbons (Fsp3) is 0.160. The molecule has 0 saturated carbocycles. The SMILES string of the molecule is Cc1ccc(S(=O)(=O)NCCCNc2nccc(-c3c(-c4cccc([N+](=O)[O-])c4)nc4sccn34)n2)cc1. The van der Waals surface area contributed by atoms with Crippen LogP contribution in [0.2, 0.25) is 0 Å². The molecule has 0 aliphatic rings. The molecule has 11 nitrogen and oxygen atoms in total. The highest BCUT2D eigenvalue weighted by atomic mass is 32.2. The van der Waals surface area contributed by atoms with E-state index in [1.807, 2.05) is 22.9 Å². The Hall–Kier alpha value is -4.20. The van der Waals surface area contributed by atoms with E-state index in [-0.39, 0.29) is 17.1 Å². The van der Waals surface area contributed by atoms with E-state index in [0.717, 1.165) is 10.5 Å². The van der Waals surface area contributed by atoms with Gasteiger partial charge in [-0.3, -0.25) is 14.5 Å². The summed E-state index contributed by atoms with van der Waals surface area (Å²) in [5, 5.41) is 16.3. The van der Waals surface area contributed by atoms with Crippen LogP contribution in [0.1, 0.15) is 12.0 Å². The molecule has 13 heteroatoms. The molecular formula is C25H23N7O4S2. The zero-order valence-corrected chi connectivity index (χ0v) is 21.9. The van der Waals surface area contributed by atoms with Crippen molar-refractivity contribution in [1.82, 2.24) is 24.1 Å². The summed E-state index contributed by atoms with van der Waals surface area (Å²) in [6.45, 7) is 2.59. The molecule has 2 aromatic carbocycles. The molecule has 5 rings (SSSR count). The third-order valence-electron chi connectivity index (χ3n) is 5.75. The number of imidazole rings is 1. The summed E-state index contributed by atoms with van der Waals surface area (Å²) in [7, 11) is -3.57. The van der Waals surface area contributed by atoms with Gasteiger partial charge in [-0.05, 0) is 31.5 Å². The number of aryl methyl sites for hydroxylation is 1. The van der Waals surface area contributed by atoms with Crippen LogP contribution in [-0.4, -0.2) is 45.8 Å². The fourth-order valence-electron chi connectivity index (χ4n) is 3.87. The molecule has 5 aromatic rings. The van der Waals surface area contributed by atoms with Crippen molar-refractivity contribution < 1.29 is 13.3 Å². The molecule has 38 heavy (non-hydrogen) atoms. The Labute approximate surface area is 222 Å². The molecule has 0 atom stereocenters. The maximum Gasteiger partial charge on any atom is 0.270 e. The molecule has 0 saturated heterocycles. The van der Waals surface area contributed by atoms with Crippen molar-refractivity contribution in [2.75, 3.05) is 18.4 Å². The highest BCUT2D eigenvalue weighted by molar-refractivity contribution is 7.89. The number of hydrogen-bond donors (Lipinski definition) is 2. The third-order valence-corrected chi connectivity index (χ3v) is 7.98. The lowest BCUT2D eigenvalue weighted by molar-refractivity contribution is -0.384. The molecule has 194 valence electrons. The molecule has 0 spiro atoms. The van der Waals surface area contributed by atoms with Gasteiger partial charge in [0.1, 0.15) is 11.4 Å². The number of rotatable bonds is 10. The molecule has 2 N–H and O–H groups in total. The van der Waals surface area contributed by atoms with Crippen LogP contribution in [0.3, 0.4) is 0 Å². The predicted molar refractivity (Wildman–Crippen MR) is 146 cm³/mol. The summed E-state index contributed by atoms with van der Waals surface area (Å²) in [6, 6.07) is 14.8. The number of aromatic nitrogens is 4. The number of nitrogens with one attached hydrogen (secondary N) is 2. The summed E-state index contributed by atoms with van der Waals surface area (Å²) in [6.07, 6.45) is 4.01. The average molecular weight is 550 g/mol. The number of hydrogen-bond acceptors (Lipinski definition) is 9. The number of thiazole rings is 1. The predicted octanol–water partition coefficient (Wildman–Crippen LogP) is 4.52. The van der Waals surface area contributed by atoms with Gasteiger partial charge in [-0.2, -0.15) is 0 Å². The molecular weight excluding hydrogens is 526 g/mol. The van der Waals surface area contributed by atoms with E-state index in [4.69, 9.17) is 4.98 Å². The Morgan fingerprint density at radius 1 is 1.08 bits per heavy atom. The van der Waals surface area contributed by atoms with Gasteiger partial charge in [0.15, 0.2) is 4.96 Å². The maximum atomic E-state index is 12.4. The Bertz CT molecular complexity index is 1710. The van der Waals surface area contributed by atoms with Crippen LogP contribution in [0.4, 0.5) is 11.6 Å². The normalized spacial score (nSPS) is 11.6. The van der Waals surface area contributed by atoms with E-state index in [2.05, 4.69) is 20.0 Å². The van der Waals surface area contributed by atoms with Crippen molar-refractivity contribution in [2.45, 2.75) is 18.2 Å². The van der Waals surface area contributed by atoms with Crippen LogP contribution in [0.15, 0.2) is 77.3 Å². The van der Waals surface area contributed by atoms with Gasteiger partial charge in [0.25, 0.3) is 5.69 Å². The minimum atomic E-state index is -3.57. The van der Waals surface area contributed by atoms with E-state index >= 15 is 0 Å². The van der Waals surface area contributed by atoms with E-state index in [1.165, 1.54) is 23.5 Å². The molecule has 0 amide bonds. The first-order valence-corrected chi connectivity index (χ1v) is 14.0. The molecule has 3 heterocycles. The van der Waals surface area contributed by atoms with E-state index in [9.17, 15) is 18.5 Å². The summed E-state index contributed by atoms with van der Waals surface area (Å²) >= 11 is 1.45. The lowest BCUT2D eigenvalue weighted by atomic mass is 10.1. The van der Waals surface area contributed by atoms with Gasteiger partial charge < -0.3 is 5.32 Å². The number of sulfonamides is 1. The Morgan fingerprint density at radius 2 is 1.89 bits per heavy atom. The topological polar surface area (TPSA) is 144 Å². The zero-order valence-electron chi connectivity index (χ0n) is 20.2. The number of benzene rings is 2. The van der Waals surface area contributed by atoms with Crippen molar-refractivity contribution in [1.29, 1.82) is 0 Å². The van der Waals surface area contributed by atoms with Gasteiger partial charge in [0, 0.05) is 48.6 Å². The number of nitro groups is 1. The van der Waals surface area contributed by atoms with Crippen molar-refractivity contribution in [3.63, 3.8) is 0 Å². The van der Waals surface area contributed by atoms with Gasteiger partial charge in [0.2, 0.25) is 16.0 Å². The second kappa shape index (κ2) is 10.7. The van der Waals surface area contributed by atoms with Gasteiger partial charge in [-0.1, -0.05) is 29.8 Å². The molecule has 0 aliphatic carbocycles. The summed E-state index contributed by atoms with van der Waals surface area (Å²) in [4.78, 5) is 25.5. The molecule has 0 unspecified atom stereocenters. The van der Waals surface area contributed by atoms with Crippen LogP contribution in [0.25, 0.3) is 27.6 Å². The number of fused-ring (bicyclic) bond motifs is 1. The number of non-ortho nitro benzene ring substituents is 1. The number of nitrogens with zero attached hydrogens (tertiary/aromatic N) is 5. The van der Waals surface area contributed by atoms with Crippen molar-refractivity contribution in [3.05, 3.63) is 88.0 Å². The van der Waals surface area contributed by atoms with Crippen LogP contribution < -0.4 is 10.0 Å². The average Bonchev–Trinajstić information content (AvgIpc) is 3.50. The molecule has 3 aromatic heterocycles. The van der Waals surface area contributed by atoms with E-state index in [0.29, 0.717) is 41.6 Å². The molecule has 0 aliphatic heterocycles. The van der Waals surface area contributed by atoms with Crippen LogP contribution >= 0.6 is 11.3 Å². The van der Waals surface area contributed by atoms with Gasteiger partial charge in [0.05, 0.1) is 15.5 Å². The second-order valence-electron chi connectivity index (χ2n) is 8.43. The van der Waals surface area contributed by atoms with Crippen molar-refractivity contribution in [3.8, 4) is 22.6 Å². The quantitative estimate of drug-likeness (QED) is 0.147. The van der Waals surface area contributed by atoms with Crippen molar-refractivity contribution in [2.24, 2.45) is 0 Å². The lowest BCUT2D eigenvalue weighted by Crippen LogP contribution is -2.26. The first-order chi connectivity index (χ1) is 18.3. The Balaban J connectivity index is 1.30. The van der Waals surface area contributed by atoms with Crippen LogP contribution in [0, 0.1) is 17.0 Å². The van der Waals surface area contributed by atoms with E-state index in [1.54, 1.807) is 48.7 Å². The highest BCUT2D eigenvalue weighted by Gasteiger charge is 2.20. The minimum Gasteiger partial charge on any atom is -0.354 e. The van der Waals surface area contributed by atoms with Gasteiger partial charge in [-0.25, -0.2) is 28.1 Å². The Kier molecular flexibility index (Phi) is 7.13. The first-order valence-electron chi connectivity index (χ1n) is 11.7. The maximum absolute atomic E-state index is 12.4. The van der Waals surface area contributed by atoms with Gasteiger partial charge in [-0.15, -0.1) is 11.3 Å². The smallest absolute Gasteiger partial charge is 0.270 e. The standard InChI is InChI=1S/C25H23N7O4S2/c1-17-6-8-20(9-7-17)38(35,36)28-12-3-11-26-24-27-13-10-21(29-24)23-22(30-25-31(23)14-15-37-25)18-4-2-5-19(16-18)32(33)34/h2,4-10,13-16,28H,3,11-12H2,1H3,(H,26,27,29). The monoisotopic (exact) mass is 549 g/mol. The third kappa shape index (κ3) is 5.39. The zero-order chi connectivity index (χ0) is 26.7. The lowest BCUT2D eigenvalue weighted by Gasteiger charge is -2.09. The summed E-state index contributed by atoms with van der Waals surface area (Å²) in [5.41, 5.74) is 3.44. The Morgan fingerprint density at radius 3 is 2.68 bits per heavy atom. The minimum absolute atomic E-state index is 0.0205. The highest BCUT2D eigenvalue weighted by Crippen LogP contribution is 2.34. The fourth-order valence-corrected chi connectivity index (χ4v) is 5.66. The number of anilines is 1. The largest absolute Gasteiger partial charge is 0.354 e. The van der Waals surface area contributed by atoms with Crippen molar-refractivity contribution >= 4 is 38.0 Å². The van der Waals surface area contributed by atoms with Crippen LogP contribution in [-0.2, 0) is 10.0 Å².